The number of nitrogens with zero attached hydrogens (tertiary/aromatic N) is 4. The van der Waals surface area contributed by atoms with Gasteiger partial charge < -0.3 is 19.6 Å². The van der Waals surface area contributed by atoms with Crippen LogP contribution < -0.4 is 0 Å². The molecule has 172 valence electrons. The summed E-state index contributed by atoms with van der Waals surface area (Å²) in [6, 6.07) is 6.15. The molecule has 0 bridgehead atoms. The third-order valence-electron chi connectivity index (χ3n) is 6.12. The molecular formula is C23H29FN4O4. The van der Waals surface area contributed by atoms with Crippen molar-refractivity contribution in [3.05, 3.63) is 53.6 Å². The lowest BCUT2D eigenvalue weighted by atomic mass is 9.72. The molecule has 8 nitrogen and oxygen atoms in total. The van der Waals surface area contributed by atoms with Crippen molar-refractivity contribution in [3.63, 3.8) is 0 Å². The van der Waals surface area contributed by atoms with Gasteiger partial charge in [0.1, 0.15) is 11.4 Å². The van der Waals surface area contributed by atoms with Gasteiger partial charge in [0.25, 0.3) is 5.91 Å². The maximum absolute atomic E-state index is 13.1. The monoisotopic (exact) mass is 444 g/mol. The zero-order chi connectivity index (χ0) is 23.1. The second kappa shape index (κ2) is 8.20. The van der Waals surface area contributed by atoms with Gasteiger partial charge in [0.2, 0.25) is 0 Å². The third kappa shape index (κ3) is 4.48. The maximum Gasteiger partial charge on any atom is 0.410 e. The van der Waals surface area contributed by atoms with Crippen LogP contribution in [0.2, 0.25) is 0 Å². The number of carbonyl (C=O) groups is 2. The van der Waals surface area contributed by atoms with Gasteiger partial charge in [0.05, 0.1) is 18.3 Å². The highest BCUT2D eigenvalue weighted by molar-refractivity contribution is 5.94. The molecule has 2 aliphatic heterocycles. The van der Waals surface area contributed by atoms with Crippen molar-refractivity contribution in [3.8, 4) is 0 Å². The van der Waals surface area contributed by atoms with Crippen LogP contribution in [-0.4, -0.2) is 75.1 Å². The van der Waals surface area contributed by atoms with Crippen LogP contribution in [0.15, 0.2) is 36.7 Å². The van der Waals surface area contributed by atoms with Crippen molar-refractivity contribution in [1.82, 2.24) is 19.6 Å². The second-order valence-corrected chi connectivity index (χ2v) is 9.82. The molecule has 0 saturated carbocycles. The van der Waals surface area contributed by atoms with Crippen molar-refractivity contribution in [2.45, 2.75) is 32.9 Å². The molecule has 0 unspecified atom stereocenters. The van der Waals surface area contributed by atoms with Gasteiger partial charge in [-0.05, 0) is 38.5 Å². The lowest BCUT2D eigenvalue weighted by molar-refractivity contribution is -0.0526. The van der Waals surface area contributed by atoms with Crippen LogP contribution >= 0.6 is 0 Å². The zero-order valence-corrected chi connectivity index (χ0v) is 18.6. The molecule has 4 rings (SSSR count). The van der Waals surface area contributed by atoms with Gasteiger partial charge >= 0.3 is 6.09 Å². The Morgan fingerprint density at radius 2 is 1.84 bits per heavy atom. The smallest absolute Gasteiger partial charge is 0.410 e. The van der Waals surface area contributed by atoms with Gasteiger partial charge in [0, 0.05) is 50.3 Å². The fraction of sp³-hybridized carbons (Fsp3) is 0.522. The molecule has 0 aliphatic carbocycles. The summed E-state index contributed by atoms with van der Waals surface area (Å²) in [6.07, 6.45) is 2.84. The molecule has 1 aromatic heterocycles. The normalized spacial score (nSPS) is 19.8. The highest BCUT2D eigenvalue weighted by Crippen LogP contribution is 2.44. The Hall–Kier alpha value is -2.94. The molecule has 0 radical (unpaired) electrons. The summed E-state index contributed by atoms with van der Waals surface area (Å²) in [6.45, 7) is 7.68. The molecule has 3 heterocycles. The average molecular weight is 445 g/mol. The first-order chi connectivity index (χ1) is 15.1. The van der Waals surface area contributed by atoms with Crippen LogP contribution in [0.4, 0.5) is 9.18 Å². The number of hydrogen-bond acceptors (Lipinski definition) is 5. The van der Waals surface area contributed by atoms with E-state index < -0.39 is 5.60 Å². The first kappa shape index (κ1) is 22.3. The number of ether oxygens (including phenoxy) is 1. The number of aliphatic hydroxyl groups is 1. The van der Waals surface area contributed by atoms with Gasteiger partial charge in [-0.15, -0.1) is 0 Å². The summed E-state index contributed by atoms with van der Waals surface area (Å²) in [5.41, 5.74) is 0.461. The lowest BCUT2D eigenvalue weighted by Crippen LogP contribution is -2.63. The molecule has 1 N–H and O–H groups in total. The number of rotatable bonds is 4. The fourth-order valence-corrected chi connectivity index (χ4v) is 4.49. The van der Waals surface area contributed by atoms with Gasteiger partial charge in [0.15, 0.2) is 0 Å². The fourth-order valence-electron chi connectivity index (χ4n) is 4.49. The van der Waals surface area contributed by atoms with Crippen molar-refractivity contribution in [2.24, 2.45) is 11.3 Å². The minimum Gasteiger partial charge on any atom is -0.444 e. The summed E-state index contributed by atoms with van der Waals surface area (Å²) in [5, 5.41) is 14.2. The number of carbonyl (C=O) groups excluding carboxylic acids is 2. The number of halogens is 1. The van der Waals surface area contributed by atoms with E-state index in [4.69, 9.17) is 4.74 Å². The van der Waals surface area contributed by atoms with Crippen LogP contribution in [-0.2, 0) is 11.3 Å². The molecule has 2 aliphatic rings. The molecule has 1 spiro atoms. The van der Waals surface area contributed by atoms with E-state index in [9.17, 15) is 19.1 Å². The Bertz CT molecular complexity index is 992. The summed E-state index contributed by atoms with van der Waals surface area (Å²) in [4.78, 5) is 28.8. The predicted molar refractivity (Wildman–Crippen MR) is 114 cm³/mol. The molecule has 2 aromatic rings. The van der Waals surface area contributed by atoms with Gasteiger partial charge in [-0.2, -0.15) is 5.10 Å². The predicted octanol–water partition coefficient (Wildman–Crippen LogP) is 2.37. The van der Waals surface area contributed by atoms with Crippen LogP contribution in [0.1, 0.15) is 36.7 Å². The second-order valence-electron chi connectivity index (χ2n) is 9.82. The van der Waals surface area contributed by atoms with Crippen LogP contribution in [0.5, 0.6) is 0 Å². The molecule has 9 heteroatoms. The van der Waals surface area contributed by atoms with E-state index in [0.29, 0.717) is 38.3 Å². The van der Waals surface area contributed by atoms with E-state index in [1.165, 1.54) is 18.3 Å². The Morgan fingerprint density at radius 1 is 1.19 bits per heavy atom. The van der Waals surface area contributed by atoms with Crippen molar-refractivity contribution in [1.29, 1.82) is 0 Å². The number of aromatic nitrogens is 2. The van der Waals surface area contributed by atoms with E-state index in [2.05, 4.69) is 5.10 Å². The Labute approximate surface area is 186 Å². The summed E-state index contributed by atoms with van der Waals surface area (Å²) in [5.74, 6) is -0.548. The Morgan fingerprint density at radius 3 is 2.47 bits per heavy atom. The van der Waals surface area contributed by atoms with Gasteiger partial charge in [-0.25, -0.2) is 9.18 Å². The Balaban J connectivity index is 1.39. The molecule has 1 atom stereocenters. The van der Waals surface area contributed by atoms with E-state index in [1.54, 1.807) is 32.8 Å². The van der Waals surface area contributed by atoms with E-state index in [0.717, 1.165) is 5.56 Å². The van der Waals surface area contributed by atoms with Crippen LogP contribution in [0.3, 0.4) is 0 Å². The van der Waals surface area contributed by atoms with Crippen LogP contribution in [0.25, 0.3) is 0 Å². The van der Waals surface area contributed by atoms with E-state index in [-0.39, 0.29) is 35.8 Å². The molecule has 2 fully saturated rings. The molecule has 2 saturated heterocycles. The number of likely N-dealkylation sites (tertiary alicyclic amines) is 2. The largest absolute Gasteiger partial charge is 0.444 e. The SMILES string of the molecule is CC(C)(C)OC(=O)N1CC2(C1)CN(C(=O)c1cnn(Cc3ccc(F)cc3)c1)C[C@H]2CO. The highest BCUT2D eigenvalue weighted by Gasteiger charge is 2.56. The Kier molecular flexibility index (Phi) is 5.70. The number of benzene rings is 1. The third-order valence-corrected chi connectivity index (χ3v) is 6.12. The molecule has 32 heavy (non-hydrogen) atoms. The summed E-state index contributed by atoms with van der Waals surface area (Å²) >= 11 is 0. The van der Waals surface area contributed by atoms with Gasteiger partial charge in [-0.1, -0.05) is 12.1 Å². The van der Waals surface area contributed by atoms with E-state index in [1.807, 2.05) is 20.8 Å². The highest BCUT2D eigenvalue weighted by atomic mass is 19.1. The van der Waals surface area contributed by atoms with Crippen molar-refractivity contribution >= 4 is 12.0 Å². The van der Waals surface area contributed by atoms with Crippen molar-refractivity contribution < 1.29 is 23.8 Å². The standard InChI is InChI=1S/C23H29FN4O4/c1-22(2,3)32-21(31)27-14-23(15-27)13-26(11-18(23)12-29)20(30)17-8-25-28(10-17)9-16-4-6-19(24)7-5-16/h4-8,10,18,29H,9,11-15H2,1-3H3/t18-/m0/s1. The quantitative estimate of drug-likeness (QED) is 0.782. The minimum atomic E-state index is -0.567. The summed E-state index contributed by atoms with van der Waals surface area (Å²) < 4.78 is 20.2. The number of hydrogen-bond donors (Lipinski definition) is 1. The molecular weight excluding hydrogens is 415 g/mol. The zero-order valence-electron chi connectivity index (χ0n) is 18.6. The first-order valence-corrected chi connectivity index (χ1v) is 10.7. The van der Waals surface area contributed by atoms with Gasteiger partial charge in [-0.3, -0.25) is 9.48 Å². The lowest BCUT2D eigenvalue weighted by Gasteiger charge is -2.50. The number of aliphatic hydroxyl groups excluding tert-OH is 1. The van der Waals surface area contributed by atoms with Crippen LogP contribution in [0, 0.1) is 17.2 Å². The molecule has 2 amide bonds. The maximum atomic E-state index is 13.1. The summed E-state index contributed by atoms with van der Waals surface area (Å²) in [7, 11) is 0. The first-order valence-electron chi connectivity index (χ1n) is 10.7. The minimum absolute atomic E-state index is 0.0459. The molecule has 1 aromatic carbocycles. The number of amides is 2. The van der Waals surface area contributed by atoms with E-state index >= 15 is 0 Å². The topological polar surface area (TPSA) is 87.9 Å². The van der Waals surface area contributed by atoms with Crippen molar-refractivity contribution in [2.75, 3.05) is 32.8 Å². The average Bonchev–Trinajstić information content (AvgIpc) is 3.31.